The van der Waals surface area contributed by atoms with Crippen molar-refractivity contribution in [3.63, 3.8) is 0 Å². The highest BCUT2D eigenvalue weighted by atomic mass is 19.1. The smallest absolute Gasteiger partial charge is 0.259 e. The van der Waals surface area contributed by atoms with Crippen molar-refractivity contribution in [3.8, 4) is 0 Å². The van der Waals surface area contributed by atoms with Gasteiger partial charge in [-0.25, -0.2) is 8.78 Å². The Hall–Kier alpha value is -4.60. The second-order valence-electron chi connectivity index (χ2n) is 11.5. The molecule has 0 radical (unpaired) electrons. The minimum atomic E-state index is -1.47. The van der Waals surface area contributed by atoms with Crippen LogP contribution in [0.25, 0.3) is 0 Å². The van der Waals surface area contributed by atoms with Crippen LogP contribution in [0.1, 0.15) is 31.2 Å². The number of amides is 4. The van der Waals surface area contributed by atoms with Crippen molar-refractivity contribution in [2.75, 3.05) is 34.3 Å². The molecule has 1 N–H and O–H groups in total. The fraction of sp³-hybridized carbons (Fsp3) is 0.333. The lowest BCUT2D eigenvalue weighted by Crippen LogP contribution is -2.57. The predicted molar refractivity (Wildman–Crippen MR) is 157 cm³/mol. The second kappa shape index (κ2) is 11.9. The number of para-hydroxylation sites is 3. The van der Waals surface area contributed by atoms with Crippen LogP contribution < -0.4 is 20.0 Å². The maximum absolute atomic E-state index is 14.0. The zero-order valence-electron chi connectivity index (χ0n) is 23.5. The number of benzene rings is 3. The van der Waals surface area contributed by atoms with E-state index < -0.39 is 47.8 Å². The van der Waals surface area contributed by atoms with Gasteiger partial charge in [-0.3, -0.25) is 19.2 Å². The molecule has 0 saturated heterocycles. The van der Waals surface area contributed by atoms with Gasteiger partial charge in [0.1, 0.15) is 18.2 Å². The van der Waals surface area contributed by atoms with Crippen molar-refractivity contribution in [2.24, 2.45) is 11.8 Å². The first-order valence-electron chi connectivity index (χ1n) is 14.6. The summed E-state index contributed by atoms with van der Waals surface area (Å²) in [6.07, 6.45) is 3.61. The van der Waals surface area contributed by atoms with Crippen LogP contribution in [0.3, 0.4) is 0 Å². The molecule has 0 unspecified atom stereocenters. The summed E-state index contributed by atoms with van der Waals surface area (Å²) in [5, 5.41) is 2.64. The van der Waals surface area contributed by atoms with Crippen molar-refractivity contribution in [3.05, 3.63) is 90.0 Å². The van der Waals surface area contributed by atoms with E-state index in [-0.39, 0.29) is 12.0 Å². The van der Waals surface area contributed by atoms with Crippen LogP contribution in [0.4, 0.5) is 25.8 Å². The van der Waals surface area contributed by atoms with Gasteiger partial charge in [-0.15, -0.1) is 0 Å². The lowest BCUT2D eigenvalue weighted by Gasteiger charge is -2.26. The number of rotatable bonds is 10. The van der Waals surface area contributed by atoms with Crippen LogP contribution in [0.2, 0.25) is 0 Å². The van der Waals surface area contributed by atoms with E-state index in [4.69, 9.17) is 0 Å². The Kier molecular flexibility index (Phi) is 7.92. The second-order valence-corrected chi connectivity index (χ2v) is 11.5. The largest absolute Gasteiger partial charge is 0.335 e. The van der Waals surface area contributed by atoms with Gasteiger partial charge in [-0.2, -0.15) is 0 Å². The van der Waals surface area contributed by atoms with E-state index in [0.717, 1.165) is 37.8 Å². The first-order valence-corrected chi connectivity index (χ1v) is 14.6. The molecule has 1 heterocycles. The summed E-state index contributed by atoms with van der Waals surface area (Å²) < 4.78 is 27.6. The maximum atomic E-state index is 14.0. The topological polar surface area (TPSA) is 90.0 Å². The van der Waals surface area contributed by atoms with Gasteiger partial charge in [-0.05, 0) is 79.5 Å². The molecular formula is C33H32F2N4O4. The van der Waals surface area contributed by atoms with Crippen molar-refractivity contribution >= 4 is 40.7 Å². The molecule has 4 amide bonds. The SMILES string of the molecule is O=C(CN(C(=O)Cc1cc(F)cc(F)c1)c1ccccc1)NC1C(=O)N(CC2CC2)c2ccccc2N(CC2CC2)C1=O. The van der Waals surface area contributed by atoms with Crippen molar-refractivity contribution in [2.45, 2.75) is 38.1 Å². The molecule has 43 heavy (non-hydrogen) atoms. The molecular weight excluding hydrogens is 554 g/mol. The fourth-order valence-corrected chi connectivity index (χ4v) is 5.46. The molecule has 3 aromatic carbocycles. The molecule has 3 aliphatic rings. The number of hydrogen-bond acceptors (Lipinski definition) is 4. The molecule has 0 bridgehead atoms. The van der Waals surface area contributed by atoms with Crippen LogP contribution in [-0.2, 0) is 25.6 Å². The van der Waals surface area contributed by atoms with E-state index >= 15 is 0 Å². The maximum Gasteiger partial charge on any atom is 0.259 e. The minimum absolute atomic E-state index is 0.113. The van der Waals surface area contributed by atoms with Gasteiger partial charge in [0.25, 0.3) is 11.8 Å². The summed E-state index contributed by atoms with van der Waals surface area (Å²) in [7, 11) is 0. The number of halogens is 2. The van der Waals surface area contributed by atoms with Crippen molar-refractivity contribution in [1.82, 2.24) is 5.32 Å². The number of hydrogen-bond donors (Lipinski definition) is 1. The molecule has 2 fully saturated rings. The number of carbonyl (C=O) groups excluding carboxylic acids is 4. The number of fused-ring (bicyclic) bond motifs is 1. The van der Waals surface area contributed by atoms with Crippen molar-refractivity contribution in [1.29, 1.82) is 0 Å². The van der Waals surface area contributed by atoms with E-state index in [1.165, 1.54) is 4.90 Å². The van der Waals surface area contributed by atoms with Crippen LogP contribution in [0, 0.1) is 23.5 Å². The van der Waals surface area contributed by atoms with Gasteiger partial charge in [0.15, 0.2) is 6.04 Å². The Bertz CT molecular complexity index is 1480. The van der Waals surface area contributed by atoms with E-state index in [2.05, 4.69) is 5.32 Å². The third kappa shape index (κ3) is 6.58. The molecule has 2 aliphatic carbocycles. The summed E-state index contributed by atoms with van der Waals surface area (Å²) in [6.45, 7) is 0.396. The molecule has 2 saturated carbocycles. The average Bonchev–Trinajstić information content (AvgIpc) is 3.92. The molecule has 3 aromatic rings. The lowest BCUT2D eigenvalue weighted by atomic mass is 10.1. The van der Waals surface area contributed by atoms with Gasteiger partial charge in [0.2, 0.25) is 11.8 Å². The highest BCUT2D eigenvalue weighted by Gasteiger charge is 2.44. The standard InChI is InChI=1S/C33H32F2N4O4/c34-24-14-23(15-25(35)17-24)16-30(41)37(26-6-2-1-3-7-26)20-29(40)36-31-32(42)38(18-21-10-11-21)27-8-4-5-9-28(27)39(33(31)43)19-22-12-13-22/h1-9,14-15,17,21-22,31H,10-13,16,18-20H2,(H,36,40). The van der Waals surface area contributed by atoms with Gasteiger partial charge in [0.05, 0.1) is 17.8 Å². The van der Waals surface area contributed by atoms with E-state index in [9.17, 15) is 28.0 Å². The van der Waals surface area contributed by atoms with Gasteiger partial charge in [0, 0.05) is 24.8 Å². The van der Waals surface area contributed by atoms with Crippen LogP contribution in [0.5, 0.6) is 0 Å². The van der Waals surface area contributed by atoms with E-state index in [1.54, 1.807) is 40.1 Å². The van der Waals surface area contributed by atoms with Crippen LogP contribution >= 0.6 is 0 Å². The summed E-state index contributed by atoms with van der Waals surface area (Å²) in [5.74, 6) is -3.28. The van der Waals surface area contributed by atoms with Gasteiger partial charge >= 0.3 is 0 Å². The molecule has 0 aromatic heterocycles. The quantitative estimate of drug-likeness (QED) is 0.360. The molecule has 222 valence electrons. The molecule has 8 nitrogen and oxygen atoms in total. The van der Waals surface area contributed by atoms with Crippen LogP contribution in [0.15, 0.2) is 72.8 Å². The number of nitrogens with zero attached hydrogens (tertiary/aromatic N) is 3. The molecule has 0 atom stereocenters. The summed E-state index contributed by atoms with van der Waals surface area (Å²) in [5.41, 5.74) is 1.79. The molecule has 1 aliphatic heterocycles. The van der Waals surface area contributed by atoms with Crippen molar-refractivity contribution < 1.29 is 28.0 Å². The third-order valence-electron chi connectivity index (χ3n) is 8.02. The first-order chi connectivity index (χ1) is 20.8. The molecule has 10 heteroatoms. The first kappa shape index (κ1) is 28.5. The highest BCUT2D eigenvalue weighted by Crippen LogP contribution is 2.40. The zero-order valence-corrected chi connectivity index (χ0v) is 23.5. The Morgan fingerprint density at radius 2 is 1.28 bits per heavy atom. The van der Waals surface area contributed by atoms with E-state index in [0.29, 0.717) is 48.1 Å². The monoisotopic (exact) mass is 586 g/mol. The Labute approximate surface area is 248 Å². The van der Waals surface area contributed by atoms with Gasteiger partial charge in [-0.1, -0.05) is 30.3 Å². The lowest BCUT2D eigenvalue weighted by molar-refractivity contribution is -0.134. The minimum Gasteiger partial charge on any atom is -0.335 e. The Morgan fingerprint density at radius 3 is 1.79 bits per heavy atom. The average molecular weight is 587 g/mol. The Balaban J connectivity index is 1.26. The molecule has 0 spiro atoms. The summed E-state index contributed by atoms with van der Waals surface area (Å²) in [4.78, 5) is 59.3. The highest BCUT2D eigenvalue weighted by molar-refractivity contribution is 6.21. The van der Waals surface area contributed by atoms with Crippen LogP contribution in [-0.4, -0.2) is 49.3 Å². The number of anilines is 3. The normalized spacial score (nSPS) is 17.0. The Morgan fingerprint density at radius 1 is 0.767 bits per heavy atom. The fourth-order valence-electron chi connectivity index (χ4n) is 5.46. The zero-order chi connectivity index (χ0) is 30.1. The molecule has 6 rings (SSSR count). The van der Waals surface area contributed by atoms with Gasteiger partial charge < -0.3 is 20.0 Å². The summed E-state index contributed by atoms with van der Waals surface area (Å²) >= 11 is 0. The van der Waals surface area contributed by atoms with E-state index in [1.807, 2.05) is 24.3 Å². The predicted octanol–water partition coefficient (Wildman–Crippen LogP) is 4.23. The number of carbonyl (C=O) groups is 4. The summed E-state index contributed by atoms with van der Waals surface area (Å²) in [6, 6.07) is 17.1. The third-order valence-corrected chi connectivity index (χ3v) is 8.02. The number of nitrogens with one attached hydrogen (secondary N) is 1.